The lowest BCUT2D eigenvalue weighted by molar-refractivity contribution is -0.172. The summed E-state index contributed by atoms with van der Waals surface area (Å²) in [7, 11) is 5.19. The number of para-hydroxylation sites is 1. The van der Waals surface area contributed by atoms with E-state index >= 15 is 0 Å². The second kappa shape index (κ2) is 15.1. The molecule has 2 aliphatic rings. The Morgan fingerprint density at radius 1 is 1.14 bits per heavy atom. The molecule has 0 saturated carbocycles. The molecule has 0 aromatic heterocycles. The van der Waals surface area contributed by atoms with Crippen molar-refractivity contribution in [1.82, 2.24) is 9.80 Å². The minimum Gasteiger partial charge on any atom is -0.457 e. The first-order chi connectivity index (χ1) is 20.1. The van der Waals surface area contributed by atoms with Gasteiger partial charge in [0.25, 0.3) is 5.91 Å². The molecule has 43 heavy (non-hydrogen) atoms. The summed E-state index contributed by atoms with van der Waals surface area (Å²) >= 11 is 0. The number of carbonyl (C=O) groups excluding carboxylic acids is 3. The zero-order chi connectivity index (χ0) is 30.4. The monoisotopic (exact) mass is 617 g/mol. The van der Waals surface area contributed by atoms with Gasteiger partial charge in [0.1, 0.15) is 24.6 Å². The highest BCUT2D eigenvalue weighted by Gasteiger charge is 2.47. The summed E-state index contributed by atoms with van der Waals surface area (Å²) in [5, 5.41) is 0. The number of aryl methyl sites for hydroxylation is 1. The van der Waals surface area contributed by atoms with Gasteiger partial charge in [0.05, 0.1) is 11.3 Å². The number of ether oxygens (including phenoxy) is 2. The van der Waals surface area contributed by atoms with E-state index in [0.717, 1.165) is 30.5 Å². The molecule has 10 heteroatoms. The third kappa shape index (κ3) is 7.94. The van der Waals surface area contributed by atoms with Gasteiger partial charge in [-0.3, -0.25) is 9.59 Å². The molecule has 4 rings (SSSR count). The van der Waals surface area contributed by atoms with Crippen molar-refractivity contribution in [2.75, 3.05) is 58.9 Å². The fraction of sp³-hybridized carbons (Fsp3) is 0.545. The van der Waals surface area contributed by atoms with E-state index in [1.165, 1.54) is 18.1 Å². The normalized spacial score (nSPS) is 20.0. The summed E-state index contributed by atoms with van der Waals surface area (Å²) in [6.07, 6.45) is 3.55. The lowest BCUT2D eigenvalue weighted by Gasteiger charge is -2.47. The van der Waals surface area contributed by atoms with Crippen LogP contribution in [-0.4, -0.2) is 87.2 Å². The van der Waals surface area contributed by atoms with Gasteiger partial charge >= 0.3 is 5.97 Å². The number of methoxy groups -OCH3 is 1. The average Bonchev–Trinajstić information content (AvgIpc) is 3.03. The van der Waals surface area contributed by atoms with Crippen LogP contribution in [-0.2, 0) is 25.5 Å². The van der Waals surface area contributed by atoms with Crippen LogP contribution < -0.4 is 4.90 Å². The number of halogens is 2. The number of hydrogen-bond donors (Lipinski definition) is 0. The van der Waals surface area contributed by atoms with Crippen LogP contribution in [0.1, 0.15) is 66.9 Å². The van der Waals surface area contributed by atoms with Crippen LogP contribution >= 0.6 is 12.4 Å². The number of unbranched alkanes of at least 4 members (excludes halogenated alkanes) is 1. The number of esters is 1. The molecule has 0 N–H and O–H groups in total. The van der Waals surface area contributed by atoms with Crippen molar-refractivity contribution in [3.63, 3.8) is 0 Å². The third-order valence-corrected chi connectivity index (χ3v) is 8.60. The fourth-order valence-electron chi connectivity index (χ4n) is 6.64. The van der Waals surface area contributed by atoms with Crippen LogP contribution in [0.5, 0.6) is 0 Å². The number of hydrogen-bond acceptors (Lipinski definition) is 6. The Bertz CT molecular complexity index is 1290. The molecule has 2 amide bonds. The largest absolute Gasteiger partial charge is 0.457 e. The first-order valence-corrected chi connectivity index (χ1v) is 14.9. The van der Waals surface area contributed by atoms with Crippen LogP contribution in [0, 0.1) is 11.7 Å². The van der Waals surface area contributed by atoms with E-state index < -0.39 is 5.60 Å². The summed E-state index contributed by atoms with van der Waals surface area (Å²) in [6, 6.07) is 12.2. The van der Waals surface area contributed by atoms with Gasteiger partial charge in [0.2, 0.25) is 5.91 Å². The van der Waals surface area contributed by atoms with E-state index in [-0.39, 0.29) is 61.0 Å². The Kier molecular flexibility index (Phi) is 12.1. The van der Waals surface area contributed by atoms with Crippen LogP contribution in [0.3, 0.4) is 0 Å². The maximum Gasteiger partial charge on any atom is 0.332 e. The number of benzene rings is 2. The fourth-order valence-corrected chi connectivity index (χ4v) is 6.64. The molecule has 0 bridgehead atoms. The molecular weight excluding hydrogens is 573 g/mol. The molecule has 1 aliphatic heterocycles. The van der Waals surface area contributed by atoms with Crippen LogP contribution in [0.4, 0.5) is 10.1 Å². The highest BCUT2D eigenvalue weighted by atomic mass is 35.5. The highest BCUT2D eigenvalue weighted by Crippen LogP contribution is 2.48. The van der Waals surface area contributed by atoms with E-state index in [2.05, 4.69) is 25.8 Å². The minimum atomic E-state index is -0.719. The predicted molar refractivity (Wildman–Crippen MR) is 167 cm³/mol. The summed E-state index contributed by atoms with van der Waals surface area (Å²) < 4.78 is 25.4. The van der Waals surface area contributed by atoms with E-state index in [4.69, 9.17) is 9.47 Å². The topological polar surface area (TPSA) is 79.4 Å². The second-order valence-electron chi connectivity index (χ2n) is 12.0. The van der Waals surface area contributed by atoms with Gasteiger partial charge in [-0.15, -0.1) is 12.4 Å². The molecule has 0 saturated heterocycles. The summed E-state index contributed by atoms with van der Waals surface area (Å²) in [4.78, 5) is 43.9. The zero-order valence-electron chi connectivity index (χ0n) is 25.9. The number of nitrogens with zero attached hydrogens (tertiary/aromatic N) is 3. The number of carbonyl (C=O) groups is 3. The van der Waals surface area contributed by atoms with Crippen molar-refractivity contribution in [2.45, 2.75) is 57.5 Å². The van der Waals surface area contributed by atoms with Gasteiger partial charge in [-0.05, 0) is 80.6 Å². The number of fused-ring (bicyclic) bond motifs is 2. The van der Waals surface area contributed by atoms with Gasteiger partial charge in [-0.2, -0.15) is 0 Å². The van der Waals surface area contributed by atoms with Crippen molar-refractivity contribution < 1.29 is 28.2 Å². The molecule has 0 radical (unpaired) electrons. The molecule has 236 valence electrons. The van der Waals surface area contributed by atoms with Gasteiger partial charge < -0.3 is 24.2 Å². The van der Waals surface area contributed by atoms with Crippen molar-refractivity contribution in [2.24, 2.45) is 5.92 Å². The van der Waals surface area contributed by atoms with E-state index in [1.807, 2.05) is 24.3 Å². The van der Waals surface area contributed by atoms with Gasteiger partial charge in [-0.1, -0.05) is 32.0 Å². The summed E-state index contributed by atoms with van der Waals surface area (Å²) in [5.41, 5.74) is 2.54. The number of anilines is 1. The van der Waals surface area contributed by atoms with E-state index in [1.54, 1.807) is 24.1 Å². The summed E-state index contributed by atoms with van der Waals surface area (Å²) in [5.74, 6) is -0.745. The molecule has 0 spiro atoms. The molecule has 8 nitrogen and oxygen atoms in total. The number of rotatable bonds is 12. The Hall–Kier alpha value is -3.01. The van der Waals surface area contributed by atoms with Gasteiger partial charge in [-0.25, -0.2) is 9.18 Å². The quantitative estimate of drug-likeness (QED) is 0.244. The second-order valence-corrected chi connectivity index (χ2v) is 12.0. The SMILES string of the molecule is COCC(=O)O[C@]1(CCN(C)CCCCN2C(=O)CN(C)C(=O)c3ccccc32)CCc2cc(F)ccc2[C@@H]1C(C)C.Cl. The molecule has 2 atom stereocenters. The van der Waals surface area contributed by atoms with Crippen LogP contribution in [0.2, 0.25) is 0 Å². The Morgan fingerprint density at radius 2 is 1.88 bits per heavy atom. The van der Waals surface area contributed by atoms with Crippen molar-refractivity contribution in [1.29, 1.82) is 0 Å². The highest BCUT2D eigenvalue weighted by molar-refractivity contribution is 6.09. The average molecular weight is 618 g/mol. The smallest absolute Gasteiger partial charge is 0.332 e. The van der Waals surface area contributed by atoms with Crippen LogP contribution in [0.25, 0.3) is 0 Å². The van der Waals surface area contributed by atoms with Crippen molar-refractivity contribution in [3.05, 3.63) is 65.0 Å². The van der Waals surface area contributed by atoms with E-state index in [9.17, 15) is 18.8 Å². The van der Waals surface area contributed by atoms with Crippen LogP contribution in [0.15, 0.2) is 42.5 Å². The lowest BCUT2D eigenvalue weighted by atomic mass is 9.65. The molecule has 2 aromatic carbocycles. The minimum absolute atomic E-state index is 0. The molecule has 0 unspecified atom stereocenters. The predicted octanol–water partition coefficient (Wildman–Crippen LogP) is 5.08. The number of amides is 2. The maximum absolute atomic E-state index is 14.0. The third-order valence-electron chi connectivity index (χ3n) is 8.60. The van der Waals surface area contributed by atoms with Gasteiger partial charge in [0.15, 0.2) is 0 Å². The Balaban J connectivity index is 0.00000506. The molecule has 0 fully saturated rings. The standard InChI is InChI=1S/C33H44FN3O5.ClH/c1-23(2)31-26-13-12-25(34)20-24(26)14-15-33(31,42-30(39)22-41-5)16-19-35(3)17-8-9-18-37-28-11-7-6-10-27(28)32(40)36(4)21-29(37)38;/h6-7,10-13,20,23,31H,8-9,14-19,21-22H2,1-5H3;1H/t31-,33-;/m0./s1. The zero-order valence-corrected chi connectivity index (χ0v) is 26.8. The summed E-state index contributed by atoms with van der Waals surface area (Å²) in [6.45, 7) is 6.25. The van der Waals surface area contributed by atoms with Crippen molar-refractivity contribution >= 4 is 35.9 Å². The lowest BCUT2D eigenvalue weighted by Crippen LogP contribution is -2.49. The Labute approximate surface area is 260 Å². The first kappa shape index (κ1) is 34.5. The number of likely N-dealkylation sites (N-methyl/N-ethyl adjacent to an activating group) is 1. The molecule has 2 aromatic rings. The first-order valence-electron chi connectivity index (χ1n) is 14.9. The van der Waals surface area contributed by atoms with Crippen molar-refractivity contribution in [3.8, 4) is 0 Å². The molecule has 1 heterocycles. The maximum atomic E-state index is 14.0. The Morgan fingerprint density at radius 3 is 2.60 bits per heavy atom. The van der Waals surface area contributed by atoms with Gasteiger partial charge in [0, 0.05) is 39.6 Å². The molecule has 1 aliphatic carbocycles. The van der Waals surface area contributed by atoms with E-state index in [0.29, 0.717) is 43.6 Å². The molecular formula is C33H45ClFN3O5.